The molecule has 0 spiro atoms. The highest BCUT2D eigenvalue weighted by Gasteiger charge is 2.07. The van der Waals surface area contributed by atoms with Crippen LogP contribution in [0.2, 0.25) is 0 Å². The number of anilines is 1. The van der Waals surface area contributed by atoms with Gasteiger partial charge >= 0.3 is 0 Å². The van der Waals surface area contributed by atoms with Gasteiger partial charge in [-0.1, -0.05) is 12.1 Å². The van der Waals surface area contributed by atoms with Crippen LogP contribution in [0.3, 0.4) is 0 Å². The summed E-state index contributed by atoms with van der Waals surface area (Å²) in [5.74, 6) is -0.323. The number of hydrogen-bond donors (Lipinski definition) is 2. The van der Waals surface area contributed by atoms with Crippen molar-refractivity contribution in [1.29, 1.82) is 0 Å². The standard InChI is InChI=1S/C16H15FN4/c1-11(13-8-14(17)10-18-9-13)20-15-4-2-12(3-5-15)16-6-7-19-21-16/h2-11,20H,1H3,(H,19,21). The molecule has 0 amide bonds. The molecule has 21 heavy (non-hydrogen) atoms. The van der Waals surface area contributed by atoms with Gasteiger partial charge in [-0.3, -0.25) is 10.1 Å². The van der Waals surface area contributed by atoms with Gasteiger partial charge in [0.2, 0.25) is 0 Å². The molecule has 106 valence electrons. The SMILES string of the molecule is CC(Nc1ccc(-c2ccn[nH]2)cc1)c1cncc(F)c1. The molecular formula is C16H15FN4. The molecule has 0 radical (unpaired) electrons. The van der Waals surface area contributed by atoms with E-state index in [0.29, 0.717) is 0 Å². The number of nitrogens with zero attached hydrogens (tertiary/aromatic N) is 2. The molecule has 0 saturated heterocycles. The summed E-state index contributed by atoms with van der Waals surface area (Å²) in [6.07, 6.45) is 4.59. The van der Waals surface area contributed by atoms with Gasteiger partial charge in [0.25, 0.3) is 0 Å². The second-order valence-corrected chi connectivity index (χ2v) is 4.85. The molecule has 2 heterocycles. The van der Waals surface area contributed by atoms with Crippen LogP contribution in [0.15, 0.2) is 55.0 Å². The van der Waals surface area contributed by atoms with Crippen molar-refractivity contribution in [2.45, 2.75) is 13.0 Å². The van der Waals surface area contributed by atoms with Crippen molar-refractivity contribution in [2.75, 3.05) is 5.32 Å². The first-order valence-electron chi connectivity index (χ1n) is 6.69. The lowest BCUT2D eigenvalue weighted by atomic mass is 10.1. The smallest absolute Gasteiger partial charge is 0.141 e. The van der Waals surface area contributed by atoms with E-state index in [1.54, 1.807) is 12.4 Å². The lowest BCUT2D eigenvalue weighted by Crippen LogP contribution is -2.07. The molecule has 4 nitrogen and oxygen atoms in total. The molecule has 0 aliphatic rings. The molecule has 0 bridgehead atoms. The third-order valence-electron chi connectivity index (χ3n) is 3.31. The molecule has 1 unspecified atom stereocenters. The normalized spacial score (nSPS) is 12.1. The summed E-state index contributed by atoms with van der Waals surface area (Å²) in [6.45, 7) is 1.97. The predicted octanol–water partition coefficient (Wildman–Crippen LogP) is 3.78. The summed E-state index contributed by atoms with van der Waals surface area (Å²) < 4.78 is 13.2. The molecule has 0 aliphatic carbocycles. The first-order chi connectivity index (χ1) is 10.2. The Morgan fingerprint density at radius 2 is 1.95 bits per heavy atom. The number of halogens is 1. The van der Waals surface area contributed by atoms with E-state index in [0.717, 1.165) is 22.5 Å². The van der Waals surface area contributed by atoms with Crippen molar-refractivity contribution in [1.82, 2.24) is 15.2 Å². The fraction of sp³-hybridized carbons (Fsp3) is 0.125. The Labute approximate surface area is 122 Å². The minimum atomic E-state index is -0.323. The second kappa shape index (κ2) is 5.75. The van der Waals surface area contributed by atoms with Gasteiger partial charge < -0.3 is 5.32 Å². The van der Waals surface area contributed by atoms with Gasteiger partial charge in [0, 0.05) is 18.1 Å². The molecule has 0 fully saturated rings. The zero-order chi connectivity index (χ0) is 14.7. The third kappa shape index (κ3) is 3.08. The topological polar surface area (TPSA) is 53.6 Å². The number of hydrogen-bond acceptors (Lipinski definition) is 3. The van der Waals surface area contributed by atoms with Crippen molar-refractivity contribution in [2.24, 2.45) is 0 Å². The Morgan fingerprint density at radius 1 is 1.14 bits per heavy atom. The van der Waals surface area contributed by atoms with Gasteiger partial charge in [-0.2, -0.15) is 5.10 Å². The third-order valence-corrected chi connectivity index (χ3v) is 3.31. The van der Waals surface area contributed by atoms with Gasteiger partial charge in [0.15, 0.2) is 0 Å². The van der Waals surface area contributed by atoms with Gasteiger partial charge in [-0.15, -0.1) is 0 Å². The molecule has 1 atom stereocenters. The van der Waals surface area contributed by atoms with Crippen LogP contribution in [0, 0.1) is 5.82 Å². The second-order valence-electron chi connectivity index (χ2n) is 4.85. The highest BCUT2D eigenvalue weighted by Crippen LogP contribution is 2.22. The van der Waals surface area contributed by atoms with Crippen molar-refractivity contribution < 1.29 is 4.39 Å². The number of nitrogens with one attached hydrogen (secondary N) is 2. The fourth-order valence-corrected chi connectivity index (χ4v) is 2.16. The summed E-state index contributed by atoms with van der Waals surface area (Å²) in [5.41, 5.74) is 3.82. The van der Waals surface area contributed by atoms with Crippen LogP contribution in [-0.2, 0) is 0 Å². The summed E-state index contributed by atoms with van der Waals surface area (Å²) in [5, 5.41) is 10.2. The van der Waals surface area contributed by atoms with Crippen molar-refractivity contribution >= 4 is 5.69 Å². The van der Waals surface area contributed by atoms with Crippen LogP contribution in [0.1, 0.15) is 18.5 Å². The zero-order valence-corrected chi connectivity index (χ0v) is 11.5. The highest BCUT2D eigenvalue weighted by molar-refractivity contribution is 5.62. The Bertz CT molecular complexity index is 707. The monoisotopic (exact) mass is 282 g/mol. The van der Waals surface area contributed by atoms with Crippen LogP contribution in [-0.4, -0.2) is 15.2 Å². The largest absolute Gasteiger partial charge is 0.378 e. The van der Waals surface area contributed by atoms with E-state index in [9.17, 15) is 4.39 Å². The molecule has 0 aliphatic heterocycles. The van der Waals surface area contributed by atoms with E-state index in [1.165, 1.54) is 12.3 Å². The van der Waals surface area contributed by atoms with E-state index >= 15 is 0 Å². The predicted molar refractivity (Wildman–Crippen MR) is 80.3 cm³/mol. The van der Waals surface area contributed by atoms with Crippen molar-refractivity contribution in [3.8, 4) is 11.3 Å². The Kier molecular flexibility index (Phi) is 3.64. The molecule has 2 N–H and O–H groups in total. The van der Waals surface area contributed by atoms with Crippen LogP contribution in [0.4, 0.5) is 10.1 Å². The van der Waals surface area contributed by atoms with Crippen molar-refractivity contribution in [3.63, 3.8) is 0 Å². The van der Waals surface area contributed by atoms with E-state index in [-0.39, 0.29) is 11.9 Å². The fourth-order valence-electron chi connectivity index (χ4n) is 2.16. The van der Waals surface area contributed by atoms with E-state index in [4.69, 9.17) is 0 Å². The van der Waals surface area contributed by atoms with Gasteiger partial charge in [-0.25, -0.2) is 4.39 Å². The van der Waals surface area contributed by atoms with Crippen LogP contribution in [0.5, 0.6) is 0 Å². The number of H-pyrrole nitrogens is 1. The summed E-state index contributed by atoms with van der Waals surface area (Å²) in [4.78, 5) is 3.87. The zero-order valence-electron chi connectivity index (χ0n) is 11.5. The first-order valence-corrected chi connectivity index (χ1v) is 6.69. The number of pyridine rings is 1. The van der Waals surface area contributed by atoms with Crippen LogP contribution in [0.25, 0.3) is 11.3 Å². The van der Waals surface area contributed by atoms with Gasteiger partial charge in [0.05, 0.1) is 17.9 Å². The Hall–Kier alpha value is -2.69. The van der Waals surface area contributed by atoms with Crippen LogP contribution < -0.4 is 5.32 Å². The minimum absolute atomic E-state index is 0.0220. The number of aromatic nitrogens is 3. The van der Waals surface area contributed by atoms with E-state index in [2.05, 4.69) is 20.5 Å². The average Bonchev–Trinajstić information content (AvgIpc) is 3.02. The first kappa shape index (κ1) is 13.3. The highest BCUT2D eigenvalue weighted by atomic mass is 19.1. The number of rotatable bonds is 4. The lowest BCUT2D eigenvalue weighted by molar-refractivity contribution is 0.616. The maximum absolute atomic E-state index is 13.2. The lowest BCUT2D eigenvalue weighted by Gasteiger charge is -2.15. The van der Waals surface area contributed by atoms with Gasteiger partial charge in [-0.05, 0) is 42.3 Å². The molecule has 1 aromatic carbocycles. The quantitative estimate of drug-likeness (QED) is 0.765. The summed E-state index contributed by atoms with van der Waals surface area (Å²) in [7, 11) is 0. The number of benzene rings is 1. The molecule has 3 rings (SSSR count). The summed E-state index contributed by atoms with van der Waals surface area (Å²) >= 11 is 0. The minimum Gasteiger partial charge on any atom is -0.378 e. The molecule has 3 aromatic rings. The number of aromatic amines is 1. The van der Waals surface area contributed by atoms with E-state index < -0.39 is 0 Å². The van der Waals surface area contributed by atoms with Gasteiger partial charge in [0.1, 0.15) is 5.82 Å². The molecular weight excluding hydrogens is 267 g/mol. The molecule has 5 heteroatoms. The van der Waals surface area contributed by atoms with Crippen molar-refractivity contribution in [3.05, 3.63) is 66.4 Å². The average molecular weight is 282 g/mol. The molecule has 0 saturated carbocycles. The molecule has 2 aromatic heterocycles. The summed E-state index contributed by atoms with van der Waals surface area (Å²) in [6, 6.07) is 11.4. The van der Waals surface area contributed by atoms with Crippen LogP contribution >= 0.6 is 0 Å². The van der Waals surface area contributed by atoms with E-state index in [1.807, 2.05) is 37.3 Å². The maximum Gasteiger partial charge on any atom is 0.141 e. The maximum atomic E-state index is 13.2. The Balaban J connectivity index is 1.73. The Morgan fingerprint density at radius 3 is 2.62 bits per heavy atom.